The second-order valence-corrected chi connectivity index (χ2v) is 6.19. The zero-order chi connectivity index (χ0) is 11.3. The standard InChI is InChI=1S/C12H15Cl3/c1-10(12(13,14)15)6-5-9-11-7-3-2-4-8-11/h2-4,7-8,10H,5-6,9H2,1H3. The largest absolute Gasteiger partial charge is 0.193 e. The molecule has 1 aromatic carbocycles. The second kappa shape index (κ2) is 5.98. The van der Waals surface area contributed by atoms with Gasteiger partial charge in [0.1, 0.15) is 0 Å². The highest BCUT2D eigenvalue weighted by atomic mass is 35.6. The summed E-state index contributed by atoms with van der Waals surface area (Å²) in [4.78, 5) is 0. The Morgan fingerprint density at radius 2 is 1.73 bits per heavy atom. The van der Waals surface area contributed by atoms with Crippen LogP contribution in [0, 0.1) is 5.92 Å². The number of aryl methyl sites for hydroxylation is 1. The van der Waals surface area contributed by atoms with Crippen LogP contribution in [0.15, 0.2) is 30.3 Å². The molecule has 0 nitrogen and oxygen atoms in total. The third kappa shape index (κ3) is 5.10. The quantitative estimate of drug-likeness (QED) is 0.671. The summed E-state index contributed by atoms with van der Waals surface area (Å²) in [5.41, 5.74) is 1.34. The molecule has 15 heavy (non-hydrogen) atoms. The van der Waals surface area contributed by atoms with Gasteiger partial charge in [-0.05, 0) is 24.8 Å². The van der Waals surface area contributed by atoms with Gasteiger partial charge in [0.2, 0.25) is 0 Å². The molecule has 84 valence electrons. The highest BCUT2D eigenvalue weighted by Gasteiger charge is 2.27. The van der Waals surface area contributed by atoms with Gasteiger partial charge in [-0.1, -0.05) is 72.1 Å². The van der Waals surface area contributed by atoms with Crippen molar-refractivity contribution in [2.45, 2.75) is 30.0 Å². The van der Waals surface area contributed by atoms with E-state index in [4.69, 9.17) is 34.8 Å². The first-order chi connectivity index (χ1) is 7.00. The normalized spacial score (nSPS) is 13.9. The number of halogens is 3. The highest BCUT2D eigenvalue weighted by Crippen LogP contribution is 2.37. The van der Waals surface area contributed by atoms with Crippen LogP contribution in [0.2, 0.25) is 0 Å². The lowest BCUT2D eigenvalue weighted by Crippen LogP contribution is -2.15. The van der Waals surface area contributed by atoms with Crippen LogP contribution in [0.4, 0.5) is 0 Å². The third-order valence-corrected chi connectivity index (χ3v) is 3.62. The van der Waals surface area contributed by atoms with Crippen LogP contribution >= 0.6 is 34.8 Å². The SMILES string of the molecule is CC(CCCc1ccccc1)C(Cl)(Cl)Cl. The zero-order valence-corrected chi connectivity index (χ0v) is 11.0. The molecule has 1 aromatic rings. The van der Waals surface area contributed by atoms with E-state index >= 15 is 0 Å². The Morgan fingerprint density at radius 3 is 2.27 bits per heavy atom. The minimum atomic E-state index is -1.13. The van der Waals surface area contributed by atoms with Crippen LogP contribution < -0.4 is 0 Å². The molecule has 0 radical (unpaired) electrons. The van der Waals surface area contributed by atoms with Gasteiger partial charge in [0.15, 0.2) is 3.79 Å². The van der Waals surface area contributed by atoms with E-state index in [1.165, 1.54) is 5.56 Å². The average Bonchev–Trinajstić information content (AvgIpc) is 2.18. The van der Waals surface area contributed by atoms with E-state index in [9.17, 15) is 0 Å². The third-order valence-electron chi connectivity index (χ3n) is 2.50. The molecule has 0 spiro atoms. The summed E-state index contributed by atoms with van der Waals surface area (Å²) < 4.78 is -1.13. The van der Waals surface area contributed by atoms with Crippen molar-refractivity contribution in [1.82, 2.24) is 0 Å². The van der Waals surface area contributed by atoms with E-state index in [0.29, 0.717) is 0 Å². The molecule has 0 aliphatic rings. The molecule has 0 saturated heterocycles. The van der Waals surface area contributed by atoms with Crippen molar-refractivity contribution >= 4 is 34.8 Å². The molecule has 1 unspecified atom stereocenters. The predicted molar refractivity (Wildman–Crippen MR) is 68.8 cm³/mol. The molecular weight excluding hydrogens is 250 g/mol. The van der Waals surface area contributed by atoms with Gasteiger partial charge in [-0.15, -0.1) is 0 Å². The molecule has 0 N–H and O–H groups in total. The minimum absolute atomic E-state index is 0.103. The van der Waals surface area contributed by atoms with Gasteiger partial charge < -0.3 is 0 Å². The first-order valence-electron chi connectivity index (χ1n) is 5.11. The fraction of sp³-hybridized carbons (Fsp3) is 0.500. The molecule has 0 aliphatic carbocycles. The summed E-state index contributed by atoms with van der Waals surface area (Å²) in [6, 6.07) is 10.4. The molecule has 1 rings (SSSR count). The highest BCUT2D eigenvalue weighted by molar-refractivity contribution is 6.67. The van der Waals surface area contributed by atoms with Crippen molar-refractivity contribution < 1.29 is 0 Å². The number of hydrogen-bond acceptors (Lipinski definition) is 0. The molecule has 0 bridgehead atoms. The molecule has 0 saturated carbocycles. The summed E-state index contributed by atoms with van der Waals surface area (Å²) in [5, 5.41) is 0. The van der Waals surface area contributed by atoms with Crippen LogP contribution in [-0.4, -0.2) is 3.79 Å². The maximum absolute atomic E-state index is 5.80. The van der Waals surface area contributed by atoms with E-state index in [0.717, 1.165) is 19.3 Å². The molecule has 0 amide bonds. The summed E-state index contributed by atoms with van der Waals surface area (Å²) in [6.07, 6.45) is 3.04. The summed E-state index contributed by atoms with van der Waals surface area (Å²) in [7, 11) is 0. The Balaban J connectivity index is 2.28. The van der Waals surface area contributed by atoms with Crippen molar-refractivity contribution in [2.24, 2.45) is 5.92 Å². The Hall–Kier alpha value is 0.0900. The van der Waals surface area contributed by atoms with Gasteiger partial charge in [-0.3, -0.25) is 0 Å². The van der Waals surface area contributed by atoms with Crippen LogP contribution in [0.5, 0.6) is 0 Å². The van der Waals surface area contributed by atoms with E-state index < -0.39 is 3.79 Å². The lowest BCUT2D eigenvalue weighted by Gasteiger charge is -2.19. The van der Waals surface area contributed by atoms with Gasteiger partial charge in [-0.2, -0.15) is 0 Å². The maximum atomic E-state index is 5.80. The molecule has 3 heteroatoms. The first-order valence-corrected chi connectivity index (χ1v) is 6.24. The Kier molecular flexibility index (Phi) is 5.25. The average molecular weight is 266 g/mol. The first kappa shape index (κ1) is 13.2. The second-order valence-electron chi connectivity index (χ2n) is 3.82. The fourth-order valence-corrected chi connectivity index (χ4v) is 1.75. The number of benzene rings is 1. The molecule has 0 fully saturated rings. The van der Waals surface area contributed by atoms with Gasteiger partial charge in [0, 0.05) is 5.92 Å². The lowest BCUT2D eigenvalue weighted by molar-refractivity contribution is 0.519. The van der Waals surface area contributed by atoms with Crippen molar-refractivity contribution in [2.75, 3.05) is 0 Å². The van der Waals surface area contributed by atoms with Gasteiger partial charge in [-0.25, -0.2) is 0 Å². The number of rotatable bonds is 4. The molecule has 0 heterocycles. The Morgan fingerprint density at radius 1 is 1.13 bits per heavy atom. The van der Waals surface area contributed by atoms with Crippen molar-refractivity contribution in [3.05, 3.63) is 35.9 Å². The molecule has 0 aliphatic heterocycles. The number of alkyl halides is 3. The predicted octanol–water partition coefficient (Wildman–Crippen LogP) is 5.02. The fourth-order valence-electron chi connectivity index (χ4n) is 1.42. The van der Waals surface area contributed by atoms with E-state index in [1.807, 2.05) is 25.1 Å². The lowest BCUT2D eigenvalue weighted by atomic mass is 10.0. The molecule has 0 aromatic heterocycles. The van der Waals surface area contributed by atoms with Gasteiger partial charge in [0.25, 0.3) is 0 Å². The van der Waals surface area contributed by atoms with Crippen molar-refractivity contribution in [1.29, 1.82) is 0 Å². The van der Waals surface area contributed by atoms with Crippen molar-refractivity contribution in [3.8, 4) is 0 Å². The van der Waals surface area contributed by atoms with E-state index in [1.54, 1.807) is 0 Å². The monoisotopic (exact) mass is 264 g/mol. The summed E-state index contributed by atoms with van der Waals surface area (Å²) in [5.74, 6) is 0.103. The molecule has 1 atom stereocenters. The summed E-state index contributed by atoms with van der Waals surface area (Å²) >= 11 is 17.4. The molecular formula is C12H15Cl3. The maximum Gasteiger partial charge on any atom is 0.193 e. The van der Waals surface area contributed by atoms with Crippen molar-refractivity contribution in [3.63, 3.8) is 0 Å². The van der Waals surface area contributed by atoms with Crippen LogP contribution in [-0.2, 0) is 6.42 Å². The minimum Gasteiger partial charge on any atom is -0.0834 e. The van der Waals surface area contributed by atoms with Crippen LogP contribution in [0.3, 0.4) is 0 Å². The van der Waals surface area contributed by atoms with E-state index in [2.05, 4.69) is 12.1 Å². The number of hydrogen-bond donors (Lipinski definition) is 0. The Labute approximate surface area is 107 Å². The van der Waals surface area contributed by atoms with Gasteiger partial charge >= 0.3 is 0 Å². The Bertz CT molecular complexity index is 277. The van der Waals surface area contributed by atoms with E-state index in [-0.39, 0.29) is 5.92 Å². The summed E-state index contributed by atoms with van der Waals surface area (Å²) in [6.45, 7) is 1.97. The smallest absolute Gasteiger partial charge is 0.0834 e. The topological polar surface area (TPSA) is 0 Å². The van der Waals surface area contributed by atoms with Crippen LogP contribution in [0.1, 0.15) is 25.3 Å². The van der Waals surface area contributed by atoms with Crippen LogP contribution in [0.25, 0.3) is 0 Å². The van der Waals surface area contributed by atoms with Gasteiger partial charge in [0.05, 0.1) is 0 Å². The zero-order valence-electron chi connectivity index (χ0n) is 8.72.